The summed E-state index contributed by atoms with van der Waals surface area (Å²) in [6, 6.07) is 11.6. The van der Waals surface area contributed by atoms with Gasteiger partial charge >= 0.3 is 0 Å². The summed E-state index contributed by atoms with van der Waals surface area (Å²) in [7, 11) is 0. The second-order valence-electron chi connectivity index (χ2n) is 5.34. The fraction of sp³-hybridized carbons (Fsp3) is 0.111. The number of halogens is 3. The molecule has 0 bridgehead atoms. The Hall–Kier alpha value is -2.73. The standard InChI is InChI=1S/C18H14ClF2N3O/c1-2-13-10-17(23-24(13)14-5-3-4-11(19)8-14)22-18(25)15-7-6-12(20)9-16(15)21/h3-10H,2H2,1H3,(H,22,23,25). The summed E-state index contributed by atoms with van der Waals surface area (Å²) >= 11 is 6.01. The molecule has 2 aromatic carbocycles. The van der Waals surface area contributed by atoms with Gasteiger partial charge in [0.25, 0.3) is 5.91 Å². The molecule has 1 heterocycles. The third-order valence-corrected chi connectivity index (χ3v) is 3.85. The van der Waals surface area contributed by atoms with Crippen LogP contribution in [0.5, 0.6) is 0 Å². The molecule has 1 N–H and O–H groups in total. The topological polar surface area (TPSA) is 46.9 Å². The number of carbonyl (C=O) groups is 1. The summed E-state index contributed by atoms with van der Waals surface area (Å²) in [6.07, 6.45) is 0.667. The van der Waals surface area contributed by atoms with Gasteiger partial charge < -0.3 is 5.32 Å². The van der Waals surface area contributed by atoms with Gasteiger partial charge in [0.1, 0.15) is 11.6 Å². The first kappa shape index (κ1) is 17.1. The van der Waals surface area contributed by atoms with Crippen molar-refractivity contribution in [2.75, 3.05) is 5.32 Å². The van der Waals surface area contributed by atoms with Crippen molar-refractivity contribution in [2.24, 2.45) is 0 Å². The van der Waals surface area contributed by atoms with E-state index in [9.17, 15) is 13.6 Å². The van der Waals surface area contributed by atoms with Gasteiger partial charge in [0.05, 0.1) is 11.3 Å². The van der Waals surface area contributed by atoms with Crippen molar-refractivity contribution in [2.45, 2.75) is 13.3 Å². The lowest BCUT2D eigenvalue weighted by Crippen LogP contribution is -2.14. The lowest BCUT2D eigenvalue weighted by molar-refractivity contribution is 0.102. The van der Waals surface area contributed by atoms with Crippen LogP contribution in [0.3, 0.4) is 0 Å². The van der Waals surface area contributed by atoms with Crippen molar-refractivity contribution in [3.05, 3.63) is 76.4 Å². The van der Waals surface area contributed by atoms with E-state index in [0.29, 0.717) is 17.5 Å². The number of nitrogens with one attached hydrogen (secondary N) is 1. The first-order valence-electron chi connectivity index (χ1n) is 7.59. The Kier molecular flexibility index (Phi) is 4.81. The van der Waals surface area contributed by atoms with E-state index in [0.717, 1.165) is 23.5 Å². The number of carbonyl (C=O) groups excluding carboxylic acids is 1. The molecule has 4 nitrogen and oxygen atoms in total. The van der Waals surface area contributed by atoms with E-state index in [-0.39, 0.29) is 11.4 Å². The average Bonchev–Trinajstić information content (AvgIpc) is 2.97. The highest BCUT2D eigenvalue weighted by Crippen LogP contribution is 2.20. The molecule has 1 amide bonds. The second kappa shape index (κ2) is 7.03. The highest BCUT2D eigenvalue weighted by molar-refractivity contribution is 6.30. The van der Waals surface area contributed by atoms with Gasteiger partial charge in [0.15, 0.2) is 5.82 Å². The Morgan fingerprint density at radius 2 is 2.00 bits per heavy atom. The Morgan fingerprint density at radius 1 is 1.20 bits per heavy atom. The number of amides is 1. The minimum absolute atomic E-state index is 0.253. The Balaban J connectivity index is 1.90. The van der Waals surface area contributed by atoms with Crippen LogP contribution in [0.25, 0.3) is 5.69 Å². The van der Waals surface area contributed by atoms with E-state index in [2.05, 4.69) is 10.4 Å². The number of aryl methyl sites for hydroxylation is 1. The number of benzene rings is 2. The molecule has 0 aliphatic rings. The Bertz CT molecular complexity index is 940. The molecule has 0 spiro atoms. The fourth-order valence-corrected chi connectivity index (χ4v) is 2.61. The monoisotopic (exact) mass is 361 g/mol. The number of aromatic nitrogens is 2. The zero-order chi connectivity index (χ0) is 18.0. The molecule has 25 heavy (non-hydrogen) atoms. The van der Waals surface area contributed by atoms with E-state index in [1.165, 1.54) is 0 Å². The summed E-state index contributed by atoms with van der Waals surface area (Å²) < 4.78 is 28.3. The number of anilines is 1. The highest BCUT2D eigenvalue weighted by Gasteiger charge is 2.16. The number of hydrogen-bond donors (Lipinski definition) is 1. The molecular formula is C18H14ClF2N3O. The van der Waals surface area contributed by atoms with Crippen molar-refractivity contribution in [1.29, 1.82) is 0 Å². The zero-order valence-electron chi connectivity index (χ0n) is 13.3. The summed E-state index contributed by atoms with van der Waals surface area (Å²) in [5.74, 6) is -2.10. The van der Waals surface area contributed by atoms with Crippen LogP contribution in [0.4, 0.5) is 14.6 Å². The van der Waals surface area contributed by atoms with E-state index in [1.807, 2.05) is 13.0 Å². The van der Waals surface area contributed by atoms with Gasteiger partial charge in [-0.3, -0.25) is 4.79 Å². The van der Waals surface area contributed by atoms with Gasteiger partial charge in [-0.05, 0) is 36.8 Å². The van der Waals surface area contributed by atoms with Crippen LogP contribution in [-0.2, 0) is 6.42 Å². The van der Waals surface area contributed by atoms with Crippen LogP contribution in [0, 0.1) is 11.6 Å². The molecular weight excluding hydrogens is 348 g/mol. The lowest BCUT2D eigenvalue weighted by atomic mass is 10.2. The maximum Gasteiger partial charge on any atom is 0.259 e. The van der Waals surface area contributed by atoms with Gasteiger partial charge in [-0.15, -0.1) is 5.10 Å². The van der Waals surface area contributed by atoms with Crippen molar-refractivity contribution in [1.82, 2.24) is 9.78 Å². The van der Waals surface area contributed by atoms with Gasteiger partial charge in [0.2, 0.25) is 0 Å². The molecule has 0 fully saturated rings. The second-order valence-corrected chi connectivity index (χ2v) is 5.78. The summed E-state index contributed by atoms with van der Waals surface area (Å²) in [5, 5.41) is 7.43. The number of nitrogens with zero attached hydrogens (tertiary/aromatic N) is 2. The molecule has 3 aromatic rings. The van der Waals surface area contributed by atoms with Crippen LogP contribution in [-0.4, -0.2) is 15.7 Å². The molecule has 0 aliphatic heterocycles. The Labute approximate surface area is 148 Å². The van der Waals surface area contributed by atoms with Crippen LogP contribution >= 0.6 is 11.6 Å². The molecule has 0 radical (unpaired) electrons. The predicted octanol–water partition coefficient (Wildman–Crippen LogP) is 4.62. The molecule has 7 heteroatoms. The molecule has 0 atom stereocenters. The maximum absolute atomic E-state index is 13.7. The van der Waals surface area contributed by atoms with Crippen LogP contribution in [0.1, 0.15) is 23.0 Å². The molecule has 0 aliphatic carbocycles. The smallest absolute Gasteiger partial charge is 0.259 e. The van der Waals surface area contributed by atoms with Crippen molar-refractivity contribution in [3.63, 3.8) is 0 Å². The van der Waals surface area contributed by atoms with E-state index in [4.69, 9.17) is 11.6 Å². The first-order valence-corrected chi connectivity index (χ1v) is 7.97. The van der Waals surface area contributed by atoms with Gasteiger partial charge in [-0.25, -0.2) is 13.5 Å². The van der Waals surface area contributed by atoms with Crippen molar-refractivity contribution >= 4 is 23.3 Å². The Morgan fingerprint density at radius 3 is 2.68 bits per heavy atom. The van der Waals surface area contributed by atoms with Crippen LogP contribution in [0.15, 0.2) is 48.5 Å². The zero-order valence-corrected chi connectivity index (χ0v) is 14.0. The minimum atomic E-state index is -0.928. The third-order valence-electron chi connectivity index (χ3n) is 3.62. The lowest BCUT2D eigenvalue weighted by Gasteiger charge is -2.06. The van der Waals surface area contributed by atoms with Crippen LogP contribution < -0.4 is 5.32 Å². The first-order chi connectivity index (χ1) is 12.0. The summed E-state index contributed by atoms with van der Waals surface area (Å²) in [5.41, 5.74) is 1.34. The number of rotatable bonds is 4. The molecule has 3 rings (SSSR count). The van der Waals surface area contributed by atoms with E-state index < -0.39 is 17.5 Å². The maximum atomic E-state index is 13.7. The quantitative estimate of drug-likeness (QED) is 0.737. The van der Waals surface area contributed by atoms with Crippen LogP contribution in [0.2, 0.25) is 5.02 Å². The van der Waals surface area contributed by atoms with E-state index in [1.54, 1.807) is 28.9 Å². The number of hydrogen-bond acceptors (Lipinski definition) is 2. The molecule has 1 aromatic heterocycles. The fourth-order valence-electron chi connectivity index (χ4n) is 2.42. The SMILES string of the molecule is CCc1cc(NC(=O)c2ccc(F)cc2F)nn1-c1cccc(Cl)c1. The molecule has 0 saturated carbocycles. The summed E-state index contributed by atoms with van der Waals surface area (Å²) in [6.45, 7) is 1.95. The predicted molar refractivity (Wildman–Crippen MR) is 92.3 cm³/mol. The highest BCUT2D eigenvalue weighted by atomic mass is 35.5. The van der Waals surface area contributed by atoms with Gasteiger partial charge in [-0.2, -0.15) is 0 Å². The average molecular weight is 362 g/mol. The molecule has 0 unspecified atom stereocenters. The van der Waals surface area contributed by atoms with Gasteiger partial charge in [-0.1, -0.05) is 24.6 Å². The minimum Gasteiger partial charge on any atom is -0.305 e. The van der Waals surface area contributed by atoms with E-state index >= 15 is 0 Å². The van der Waals surface area contributed by atoms with Crippen molar-refractivity contribution < 1.29 is 13.6 Å². The largest absolute Gasteiger partial charge is 0.305 e. The molecule has 128 valence electrons. The van der Waals surface area contributed by atoms with Crippen molar-refractivity contribution in [3.8, 4) is 5.69 Å². The third kappa shape index (κ3) is 3.69. The normalized spacial score (nSPS) is 10.7. The summed E-state index contributed by atoms with van der Waals surface area (Å²) in [4.78, 5) is 12.2. The van der Waals surface area contributed by atoms with Gasteiger partial charge in [0, 0.05) is 22.8 Å². The molecule has 0 saturated heterocycles.